The van der Waals surface area contributed by atoms with Crippen LogP contribution in [0.15, 0.2) is 41.8 Å². The summed E-state index contributed by atoms with van der Waals surface area (Å²) in [6.07, 6.45) is 0.0275. The molecule has 3 aromatic rings. The van der Waals surface area contributed by atoms with Gasteiger partial charge in [-0.3, -0.25) is 14.9 Å². The van der Waals surface area contributed by atoms with Crippen molar-refractivity contribution < 1.29 is 28.5 Å². The second kappa shape index (κ2) is 10.5. The summed E-state index contributed by atoms with van der Waals surface area (Å²) in [4.78, 5) is 29.4. The number of thiazole rings is 1. The average Bonchev–Trinajstić information content (AvgIpc) is 3.24. The first kappa shape index (κ1) is 22.9. The maximum atomic E-state index is 12.6. The van der Waals surface area contributed by atoms with Crippen LogP contribution in [-0.4, -0.2) is 45.2 Å². The number of hydrogen-bond acceptors (Lipinski definition) is 8. The molecule has 0 aliphatic heterocycles. The van der Waals surface area contributed by atoms with E-state index in [0.717, 1.165) is 0 Å². The third-order valence-electron chi connectivity index (χ3n) is 4.41. The summed E-state index contributed by atoms with van der Waals surface area (Å²) in [6.45, 7) is 0. The Morgan fingerprint density at radius 2 is 1.56 bits per heavy atom. The molecule has 32 heavy (non-hydrogen) atoms. The smallest absolute Gasteiger partial charge is 0.257 e. The second-order valence-electron chi connectivity index (χ2n) is 6.49. The zero-order chi connectivity index (χ0) is 23.1. The number of aromatic nitrogens is 1. The molecule has 0 saturated heterocycles. The van der Waals surface area contributed by atoms with E-state index < -0.39 is 0 Å². The van der Waals surface area contributed by atoms with Gasteiger partial charge in [-0.15, -0.1) is 11.3 Å². The summed E-state index contributed by atoms with van der Waals surface area (Å²) < 4.78 is 20.8. The predicted molar refractivity (Wildman–Crippen MR) is 121 cm³/mol. The lowest BCUT2D eigenvalue weighted by atomic mass is 10.2. The molecule has 2 amide bonds. The van der Waals surface area contributed by atoms with Crippen molar-refractivity contribution in [3.05, 3.63) is 53.0 Å². The summed E-state index contributed by atoms with van der Waals surface area (Å²) in [5.74, 6) is 1.46. The Morgan fingerprint density at radius 3 is 2.19 bits per heavy atom. The van der Waals surface area contributed by atoms with Crippen LogP contribution in [0.4, 0.5) is 10.8 Å². The van der Waals surface area contributed by atoms with Gasteiger partial charge in [0.1, 0.15) is 23.0 Å². The number of carbonyl (C=O) groups excluding carboxylic acids is 2. The van der Waals surface area contributed by atoms with Gasteiger partial charge in [0.15, 0.2) is 5.13 Å². The summed E-state index contributed by atoms with van der Waals surface area (Å²) in [6, 6.07) is 9.99. The van der Waals surface area contributed by atoms with E-state index in [1.165, 1.54) is 32.7 Å². The standard InChI is InChI=1S/C22H23N3O6S/c1-28-15-5-6-19(31-4)18(11-15)24-20(26)9-14-12-32-22(23-14)25-21(27)13-7-16(29-2)10-17(8-13)30-3/h5-8,10-12H,9H2,1-4H3,(H,24,26)(H,23,25,27). The van der Waals surface area contributed by atoms with Crippen LogP contribution >= 0.6 is 11.3 Å². The molecule has 0 saturated carbocycles. The minimum atomic E-state index is -0.367. The van der Waals surface area contributed by atoms with Gasteiger partial charge < -0.3 is 24.3 Å². The van der Waals surface area contributed by atoms with Crippen molar-refractivity contribution in [3.8, 4) is 23.0 Å². The molecule has 0 bridgehead atoms. The number of benzene rings is 2. The largest absolute Gasteiger partial charge is 0.497 e. The van der Waals surface area contributed by atoms with Crippen LogP contribution in [0.2, 0.25) is 0 Å². The Hall–Kier alpha value is -3.79. The fraction of sp³-hybridized carbons (Fsp3) is 0.227. The highest BCUT2D eigenvalue weighted by Gasteiger charge is 2.15. The predicted octanol–water partition coefficient (Wildman–Crippen LogP) is 3.61. The van der Waals surface area contributed by atoms with Crippen molar-refractivity contribution in [2.45, 2.75) is 6.42 Å². The van der Waals surface area contributed by atoms with E-state index >= 15 is 0 Å². The number of rotatable bonds is 9. The number of nitrogens with zero attached hydrogens (tertiary/aromatic N) is 1. The lowest BCUT2D eigenvalue weighted by Crippen LogP contribution is -2.16. The van der Waals surface area contributed by atoms with Crippen LogP contribution in [0.3, 0.4) is 0 Å². The molecule has 0 aliphatic rings. The lowest BCUT2D eigenvalue weighted by molar-refractivity contribution is -0.115. The third kappa shape index (κ3) is 5.67. The molecule has 2 N–H and O–H groups in total. The number of nitrogens with one attached hydrogen (secondary N) is 2. The summed E-state index contributed by atoms with van der Waals surface area (Å²) in [5, 5.41) is 7.60. The van der Waals surface area contributed by atoms with Gasteiger partial charge in [0.05, 0.1) is 46.2 Å². The van der Waals surface area contributed by atoms with Gasteiger partial charge >= 0.3 is 0 Å². The van der Waals surface area contributed by atoms with Crippen molar-refractivity contribution in [1.29, 1.82) is 0 Å². The van der Waals surface area contributed by atoms with Gasteiger partial charge in [-0.25, -0.2) is 4.98 Å². The van der Waals surface area contributed by atoms with Crippen molar-refractivity contribution in [1.82, 2.24) is 4.98 Å². The molecule has 0 aliphatic carbocycles. The van der Waals surface area contributed by atoms with E-state index in [-0.39, 0.29) is 18.2 Å². The number of methoxy groups -OCH3 is 4. The van der Waals surface area contributed by atoms with Gasteiger partial charge in [0, 0.05) is 23.1 Å². The van der Waals surface area contributed by atoms with Crippen molar-refractivity contribution in [3.63, 3.8) is 0 Å². The summed E-state index contributed by atoms with van der Waals surface area (Å²) in [7, 11) is 6.08. The van der Waals surface area contributed by atoms with Gasteiger partial charge in [-0.05, 0) is 24.3 Å². The van der Waals surface area contributed by atoms with E-state index in [1.807, 2.05) is 0 Å². The van der Waals surface area contributed by atoms with Crippen LogP contribution in [0.5, 0.6) is 23.0 Å². The zero-order valence-electron chi connectivity index (χ0n) is 18.1. The molecule has 0 radical (unpaired) electrons. The topological polar surface area (TPSA) is 108 Å². The van der Waals surface area contributed by atoms with Crippen LogP contribution in [0.25, 0.3) is 0 Å². The Kier molecular flexibility index (Phi) is 7.50. The van der Waals surface area contributed by atoms with Gasteiger partial charge in [0.25, 0.3) is 5.91 Å². The maximum Gasteiger partial charge on any atom is 0.257 e. The summed E-state index contributed by atoms with van der Waals surface area (Å²) in [5.41, 5.74) is 1.38. The zero-order valence-corrected chi connectivity index (χ0v) is 18.9. The molecular formula is C22H23N3O6S. The number of amides is 2. The van der Waals surface area contributed by atoms with Crippen LogP contribution in [-0.2, 0) is 11.2 Å². The normalized spacial score (nSPS) is 10.2. The molecule has 1 heterocycles. The van der Waals surface area contributed by atoms with Crippen molar-refractivity contribution in [2.24, 2.45) is 0 Å². The van der Waals surface area contributed by atoms with Gasteiger partial charge in [0.2, 0.25) is 5.91 Å². The number of ether oxygens (including phenoxy) is 4. The van der Waals surface area contributed by atoms with Crippen LogP contribution in [0.1, 0.15) is 16.1 Å². The SMILES string of the molecule is COc1cc(OC)cc(C(=O)Nc2nc(CC(=O)Nc3cc(OC)ccc3OC)cs2)c1. The highest BCUT2D eigenvalue weighted by molar-refractivity contribution is 7.14. The highest BCUT2D eigenvalue weighted by Crippen LogP contribution is 2.29. The molecule has 10 heteroatoms. The first-order chi connectivity index (χ1) is 15.4. The Morgan fingerprint density at radius 1 is 0.875 bits per heavy atom. The summed E-state index contributed by atoms with van der Waals surface area (Å²) >= 11 is 1.22. The van der Waals surface area contributed by atoms with E-state index in [1.54, 1.807) is 48.9 Å². The fourth-order valence-corrected chi connectivity index (χ4v) is 3.53. The molecule has 0 atom stereocenters. The molecule has 1 aromatic heterocycles. The fourth-order valence-electron chi connectivity index (χ4n) is 2.82. The number of hydrogen-bond donors (Lipinski definition) is 2. The van der Waals surface area contributed by atoms with Gasteiger partial charge in [-0.2, -0.15) is 0 Å². The number of carbonyl (C=O) groups is 2. The van der Waals surface area contributed by atoms with Crippen molar-refractivity contribution >= 4 is 34.0 Å². The van der Waals surface area contributed by atoms with Crippen LogP contribution in [0, 0.1) is 0 Å². The molecule has 2 aromatic carbocycles. The number of anilines is 2. The Labute approximate surface area is 189 Å². The molecule has 0 unspecified atom stereocenters. The van der Waals surface area contributed by atoms with E-state index in [0.29, 0.717) is 45.1 Å². The minimum absolute atomic E-state index is 0.0275. The molecule has 168 valence electrons. The molecule has 9 nitrogen and oxygen atoms in total. The first-order valence-corrected chi connectivity index (χ1v) is 10.3. The lowest BCUT2D eigenvalue weighted by Gasteiger charge is -2.11. The Bertz CT molecular complexity index is 1090. The molecular weight excluding hydrogens is 434 g/mol. The van der Waals surface area contributed by atoms with Gasteiger partial charge in [-0.1, -0.05) is 0 Å². The highest BCUT2D eigenvalue weighted by atomic mass is 32.1. The third-order valence-corrected chi connectivity index (χ3v) is 5.21. The minimum Gasteiger partial charge on any atom is -0.497 e. The molecule has 3 rings (SSSR count). The van der Waals surface area contributed by atoms with Crippen LogP contribution < -0.4 is 29.6 Å². The first-order valence-electron chi connectivity index (χ1n) is 9.46. The quantitative estimate of drug-likeness (QED) is 0.505. The molecule has 0 fully saturated rings. The second-order valence-corrected chi connectivity index (χ2v) is 7.35. The van der Waals surface area contributed by atoms with E-state index in [2.05, 4.69) is 15.6 Å². The molecule has 0 spiro atoms. The Balaban J connectivity index is 1.65. The van der Waals surface area contributed by atoms with Crippen molar-refractivity contribution in [2.75, 3.05) is 39.1 Å². The van der Waals surface area contributed by atoms with E-state index in [9.17, 15) is 9.59 Å². The van der Waals surface area contributed by atoms with E-state index in [4.69, 9.17) is 18.9 Å². The average molecular weight is 458 g/mol. The maximum absolute atomic E-state index is 12.6. The monoisotopic (exact) mass is 457 g/mol.